The number of aromatic nitrogens is 3. The van der Waals surface area contributed by atoms with Gasteiger partial charge in [0.1, 0.15) is 16.9 Å². The Morgan fingerprint density at radius 2 is 1.38 bits per heavy atom. The molecule has 19 nitrogen and oxygen atoms in total. The van der Waals surface area contributed by atoms with E-state index in [-0.39, 0.29) is 30.6 Å². The molecule has 0 spiro atoms. The van der Waals surface area contributed by atoms with E-state index in [0.717, 1.165) is 100 Å². The maximum absolute atomic E-state index is 13.0. The van der Waals surface area contributed by atoms with E-state index < -0.39 is 11.6 Å². The summed E-state index contributed by atoms with van der Waals surface area (Å²) < 4.78 is 53.4. The molecule has 2 fully saturated rings. The van der Waals surface area contributed by atoms with E-state index in [2.05, 4.69) is 22.9 Å². The zero-order valence-corrected chi connectivity index (χ0v) is 42.6. The summed E-state index contributed by atoms with van der Waals surface area (Å²) in [7, 11) is 0. The van der Waals surface area contributed by atoms with Crippen LogP contribution in [0.25, 0.3) is 21.3 Å². The second kappa shape index (κ2) is 31.0. The van der Waals surface area contributed by atoms with Crippen LogP contribution in [0.15, 0.2) is 6.07 Å². The van der Waals surface area contributed by atoms with Gasteiger partial charge >= 0.3 is 5.97 Å². The van der Waals surface area contributed by atoms with Crippen LogP contribution in [0.4, 0.5) is 5.82 Å². The minimum absolute atomic E-state index is 0.0823. The van der Waals surface area contributed by atoms with Gasteiger partial charge in [-0.05, 0) is 77.2 Å². The zero-order valence-electron chi connectivity index (χ0n) is 41.8. The van der Waals surface area contributed by atoms with Gasteiger partial charge in [-0.2, -0.15) is 0 Å². The average molecular weight is 992 g/mol. The molecular formula is C49H81N7O12S. The first kappa shape index (κ1) is 56.3. The van der Waals surface area contributed by atoms with Gasteiger partial charge in [0.2, 0.25) is 11.8 Å². The summed E-state index contributed by atoms with van der Waals surface area (Å²) in [5.41, 5.74) is 14.8. The highest BCUT2D eigenvalue weighted by Gasteiger charge is 2.28. The number of pyridine rings is 1. The van der Waals surface area contributed by atoms with E-state index in [0.29, 0.717) is 123 Å². The van der Waals surface area contributed by atoms with E-state index in [1.807, 2.05) is 16.2 Å². The van der Waals surface area contributed by atoms with E-state index in [1.165, 1.54) is 9.58 Å². The number of piperidine rings is 1. The Hall–Kier alpha value is -3.57. The van der Waals surface area contributed by atoms with E-state index in [9.17, 15) is 14.4 Å². The number of anilines is 1. The first-order valence-electron chi connectivity index (χ1n) is 25.2. The molecule has 3 aromatic rings. The van der Waals surface area contributed by atoms with Gasteiger partial charge in [0, 0.05) is 57.1 Å². The number of nitrogens with zero attached hydrogens (tertiary/aromatic N) is 4. The van der Waals surface area contributed by atoms with Gasteiger partial charge in [0.25, 0.3) is 0 Å². The van der Waals surface area contributed by atoms with Crippen LogP contribution >= 0.6 is 11.3 Å². The average Bonchev–Trinajstić information content (AvgIpc) is 3.92. The van der Waals surface area contributed by atoms with Gasteiger partial charge in [-0.25, -0.2) is 9.97 Å². The second-order valence-electron chi connectivity index (χ2n) is 18.6. The number of carbonyl (C=O) groups is 3. The predicted molar refractivity (Wildman–Crippen MR) is 264 cm³/mol. The molecule has 2 aliphatic heterocycles. The molecule has 0 saturated carbocycles. The van der Waals surface area contributed by atoms with Crippen molar-refractivity contribution < 1.29 is 57.0 Å². The molecule has 3 aromatic heterocycles. The van der Waals surface area contributed by atoms with E-state index >= 15 is 0 Å². The number of hydrogen-bond donors (Lipinski definition) is 3. The highest BCUT2D eigenvalue weighted by molar-refractivity contribution is 7.20. The number of carbonyl (C=O) groups excluding carboxylic acids is 3. The Bertz CT molecular complexity index is 1960. The topological polar surface area (TPSA) is 232 Å². The fourth-order valence-electron chi connectivity index (χ4n) is 8.18. The molecule has 0 aliphatic carbocycles. The van der Waals surface area contributed by atoms with Crippen molar-refractivity contribution in [2.75, 3.05) is 131 Å². The van der Waals surface area contributed by atoms with Crippen LogP contribution < -0.4 is 16.8 Å². The molecule has 2 amide bonds. The molecule has 0 unspecified atom stereocenters. The van der Waals surface area contributed by atoms with Crippen molar-refractivity contribution in [2.24, 2.45) is 11.7 Å². The van der Waals surface area contributed by atoms with Gasteiger partial charge in [0.15, 0.2) is 5.82 Å². The number of amides is 2. The first-order chi connectivity index (χ1) is 33.4. The molecule has 2 aliphatic rings. The summed E-state index contributed by atoms with van der Waals surface area (Å²) in [6.07, 6.45) is 7.74. The minimum atomic E-state index is -0.787. The summed E-state index contributed by atoms with van der Waals surface area (Å²) in [6.45, 7) is 17.8. The Balaban J connectivity index is 0.805. The number of imidazole rings is 1. The van der Waals surface area contributed by atoms with Crippen LogP contribution in [-0.4, -0.2) is 174 Å². The predicted octanol–water partition coefficient (Wildman–Crippen LogP) is 4.78. The Morgan fingerprint density at radius 3 is 1.94 bits per heavy atom. The number of fused-ring (bicyclic) bond motifs is 3. The highest BCUT2D eigenvalue weighted by Crippen LogP contribution is 2.41. The monoisotopic (exact) mass is 992 g/mol. The molecule has 0 radical (unpaired) electrons. The van der Waals surface area contributed by atoms with Crippen molar-refractivity contribution in [3.63, 3.8) is 0 Å². The molecule has 390 valence electrons. The van der Waals surface area contributed by atoms with Crippen molar-refractivity contribution in [1.29, 1.82) is 0 Å². The van der Waals surface area contributed by atoms with Crippen molar-refractivity contribution in [3.8, 4) is 0 Å². The lowest BCUT2D eigenvalue weighted by atomic mass is 9.95. The van der Waals surface area contributed by atoms with Gasteiger partial charge < -0.3 is 68.9 Å². The maximum atomic E-state index is 13.0. The zero-order chi connectivity index (χ0) is 49.3. The van der Waals surface area contributed by atoms with Crippen LogP contribution in [0, 0.1) is 5.92 Å². The fourth-order valence-corrected chi connectivity index (χ4v) is 9.50. The number of esters is 1. The second-order valence-corrected chi connectivity index (χ2v) is 19.7. The molecule has 1 atom stereocenters. The normalized spacial score (nSPS) is 15.6. The maximum Gasteiger partial charge on any atom is 0.306 e. The number of nitrogens with two attached hydrogens (primary N) is 2. The molecular weight excluding hydrogens is 911 g/mol. The van der Waals surface area contributed by atoms with Crippen molar-refractivity contribution in [1.82, 2.24) is 24.8 Å². The van der Waals surface area contributed by atoms with Gasteiger partial charge in [-0.15, -0.1) is 11.3 Å². The SMILES string of the molecule is CCCCc1nc2c(N)nc3cc(C4CCN(C(=O)CCOCCOCCOCCOCCOCCOCCOCCNC(=O)[C@@H](N)CCC(=O)OC(C)(C)C)CC4)sc3c2n1CC1CCOCC1. The van der Waals surface area contributed by atoms with Crippen LogP contribution in [0.5, 0.6) is 0 Å². The van der Waals surface area contributed by atoms with Crippen molar-refractivity contribution in [3.05, 3.63) is 16.8 Å². The molecule has 0 aromatic carbocycles. The van der Waals surface area contributed by atoms with Gasteiger partial charge in [-0.3, -0.25) is 14.4 Å². The summed E-state index contributed by atoms with van der Waals surface area (Å²) in [5, 5.41) is 2.70. The summed E-state index contributed by atoms with van der Waals surface area (Å²) in [4.78, 5) is 50.1. The third-order valence-corrected chi connectivity index (χ3v) is 13.2. The lowest BCUT2D eigenvalue weighted by Gasteiger charge is -2.31. The van der Waals surface area contributed by atoms with Gasteiger partial charge in [0.05, 0.1) is 121 Å². The van der Waals surface area contributed by atoms with E-state index in [1.54, 1.807) is 20.8 Å². The Labute approximate surface area is 412 Å². The molecule has 0 bridgehead atoms. The third kappa shape index (κ3) is 20.2. The number of hydrogen-bond acceptors (Lipinski definition) is 17. The summed E-state index contributed by atoms with van der Waals surface area (Å²) in [6, 6.07) is 1.44. The smallest absolute Gasteiger partial charge is 0.306 e. The third-order valence-electron chi connectivity index (χ3n) is 11.9. The minimum Gasteiger partial charge on any atom is -0.460 e. The number of ether oxygens (including phenoxy) is 9. The number of nitrogens with one attached hydrogen (secondary N) is 1. The van der Waals surface area contributed by atoms with Crippen molar-refractivity contribution in [2.45, 2.75) is 116 Å². The number of rotatable bonds is 34. The molecule has 5 N–H and O–H groups in total. The molecule has 20 heteroatoms. The van der Waals surface area contributed by atoms with Crippen molar-refractivity contribution >= 4 is 56.2 Å². The largest absolute Gasteiger partial charge is 0.460 e. The molecule has 2 saturated heterocycles. The summed E-state index contributed by atoms with van der Waals surface area (Å²) >= 11 is 1.83. The number of likely N-dealkylation sites (tertiary alicyclic amines) is 1. The first-order valence-corrected chi connectivity index (χ1v) is 26.0. The van der Waals surface area contributed by atoms with Crippen LogP contribution in [0.1, 0.15) is 102 Å². The highest BCUT2D eigenvalue weighted by atomic mass is 32.1. The van der Waals surface area contributed by atoms with Crippen LogP contribution in [-0.2, 0) is 70.0 Å². The lowest BCUT2D eigenvalue weighted by Crippen LogP contribution is -2.42. The Morgan fingerprint density at radius 1 is 0.812 bits per heavy atom. The molecule has 69 heavy (non-hydrogen) atoms. The van der Waals surface area contributed by atoms with Crippen LogP contribution in [0.3, 0.4) is 0 Å². The summed E-state index contributed by atoms with van der Waals surface area (Å²) in [5.74, 6) is 1.97. The number of unbranched alkanes of at least 4 members (excludes halogenated alkanes) is 1. The standard InChI is InChI=1S/C49H81N7O12S/c1-5-6-7-41-54-44-45(56(41)35-36-12-18-60-19-13-36)46-39(53-47(44)51)34-40(69-46)37-10-16-55(17-11-37)42(57)14-20-61-22-24-63-26-28-65-30-32-67-33-31-66-29-27-64-25-23-62-21-15-52-48(59)38(50)8-9-43(58)68-49(2,3)4/h34,36-38H,5-33,35,50H2,1-4H3,(H2,51,53)(H,52,59)/t38-/m0/s1. The molecule has 5 heterocycles. The number of aryl methyl sites for hydroxylation is 1. The molecule has 5 rings (SSSR count). The van der Waals surface area contributed by atoms with E-state index in [4.69, 9.17) is 64.1 Å². The lowest BCUT2D eigenvalue weighted by molar-refractivity contribution is -0.155. The quantitative estimate of drug-likeness (QED) is 0.0540. The number of thiophene rings is 1. The Kier molecular flexibility index (Phi) is 25.3. The van der Waals surface area contributed by atoms with Crippen LogP contribution in [0.2, 0.25) is 0 Å². The van der Waals surface area contributed by atoms with Gasteiger partial charge in [-0.1, -0.05) is 13.3 Å². The number of nitrogen functional groups attached to an aromatic ring is 1. The fraction of sp³-hybridized carbons (Fsp3) is 0.776.